The maximum atomic E-state index is 16.1. The van der Waals surface area contributed by atoms with Crippen molar-refractivity contribution < 1.29 is 102 Å². The van der Waals surface area contributed by atoms with Crippen LogP contribution in [-0.2, 0) is 112 Å². The first-order valence-electron chi connectivity index (χ1n) is 50.0. The van der Waals surface area contributed by atoms with Crippen LogP contribution in [0.25, 0.3) is 43.7 Å². The molecular formula is C102H138N24O21S. The molecule has 15 atom stereocenters. The molecule has 7 heterocycles. The van der Waals surface area contributed by atoms with Gasteiger partial charge < -0.3 is 130 Å². The minimum atomic E-state index is -1.81. The third kappa shape index (κ3) is 29.6. The Labute approximate surface area is 859 Å². The number of rotatable bonds is 28. The van der Waals surface area contributed by atoms with Gasteiger partial charge in [-0.25, -0.2) is 9.97 Å². The van der Waals surface area contributed by atoms with Gasteiger partial charge in [0.05, 0.1) is 24.8 Å². The average Bonchev–Trinajstić information content (AvgIpc) is 1.62. The average molecular weight is 2070 g/mol. The van der Waals surface area contributed by atoms with Crippen LogP contribution in [0.2, 0.25) is 0 Å². The van der Waals surface area contributed by atoms with E-state index in [9.17, 15) is 48.9 Å². The third-order valence-electron chi connectivity index (χ3n) is 26.8. The molecule has 798 valence electrons. The van der Waals surface area contributed by atoms with Crippen LogP contribution in [0.15, 0.2) is 110 Å². The van der Waals surface area contributed by atoms with Gasteiger partial charge in [-0.15, -0.1) is 11.8 Å². The number of anilines is 1. The number of primary amides is 2. The number of aliphatic hydroxyl groups excluding tert-OH is 1. The molecule has 3 saturated heterocycles. The van der Waals surface area contributed by atoms with Crippen molar-refractivity contribution in [1.29, 1.82) is 0 Å². The number of carboxylic acid groups (broad SMARTS) is 1. The summed E-state index contributed by atoms with van der Waals surface area (Å²) < 4.78 is 1.44. The molecule has 4 aromatic heterocycles. The van der Waals surface area contributed by atoms with E-state index in [0.29, 0.717) is 80.7 Å². The molecule has 148 heavy (non-hydrogen) atoms. The Morgan fingerprint density at radius 1 is 0.568 bits per heavy atom. The monoisotopic (exact) mass is 2070 g/mol. The highest BCUT2D eigenvalue weighted by molar-refractivity contribution is 8.00. The predicted octanol–water partition coefficient (Wildman–Crippen LogP) is 0.648. The number of para-hydroxylation sites is 2. The fourth-order valence-corrected chi connectivity index (χ4v) is 19.8. The number of carbonyl (C=O) groups excluding carboxylic acids is 17. The van der Waals surface area contributed by atoms with Crippen LogP contribution < -0.4 is 75.7 Å². The molecule has 22 N–H and O–H groups in total. The number of hydrogen-bond donors (Lipinski definition) is 19. The van der Waals surface area contributed by atoms with Crippen molar-refractivity contribution in [2.75, 3.05) is 70.7 Å². The topological polar surface area (TPSA) is 657 Å². The van der Waals surface area contributed by atoms with Crippen molar-refractivity contribution in [3.8, 4) is 5.75 Å². The second-order valence-corrected chi connectivity index (χ2v) is 40.1. The second kappa shape index (κ2) is 52.5. The molecule has 46 heteroatoms. The van der Waals surface area contributed by atoms with Gasteiger partial charge in [-0.2, -0.15) is 0 Å². The van der Waals surface area contributed by atoms with E-state index >= 15 is 52.7 Å². The van der Waals surface area contributed by atoms with Crippen molar-refractivity contribution in [3.63, 3.8) is 0 Å². The van der Waals surface area contributed by atoms with Gasteiger partial charge in [-0.1, -0.05) is 127 Å². The lowest BCUT2D eigenvalue weighted by Crippen LogP contribution is -2.61. The molecule has 0 aliphatic carbocycles. The number of phenolic OH excluding ortho intramolecular Hbond substituents is 1. The molecule has 0 bridgehead atoms. The van der Waals surface area contributed by atoms with Crippen molar-refractivity contribution in [2.24, 2.45) is 29.0 Å². The normalized spacial score (nSPS) is 23.8. The molecule has 45 nitrogen and oxygen atoms in total. The van der Waals surface area contributed by atoms with Gasteiger partial charge in [-0.05, 0) is 130 Å². The lowest BCUT2D eigenvalue weighted by molar-refractivity contribution is -0.149. The number of carboxylic acids is 1. The van der Waals surface area contributed by atoms with E-state index in [-0.39, 0.29) is 94.8 Å². The number of aromatic hydroxyl groups is 1. The number of thioether (sulfide) groups is 1. The molecule has 17 amide bonds. The fraction of sp³-hybridized carbons (Fsp3) is 0.510. The quantitative estimate of drug-likeness (QED) is 0.0320. The first-order valence-corrected chi connectivity index (χ1v) is 51.1. The maximum Gasteiger partial charge on any atom is 0.323 e. The highest BCUT2D eigenvalue weighted by atomic mass is 32.2. The Hall–Kier alpha value is -14.8. The SMILES string of the molecule is CCCC[C@H]1C(=O)N(C)[C@@H](CCCC)C(=O)N[C@@H](CC(C)C)C(=O)N[C@H](C(=O)NCC(N)=O)CSCC(=O)N[C@@H](Cc2ccc(O)cc2)C(=O)N(C)[C@@H](C)C(=O)N[C@@H](CC(N)=O)C(=O)N2CCC[C@H]2C(=O)N[C@@H](CNc2ncnc3c2[nH]c2ccc(C)cc23)C(=O)N[C@@H](CC(C)C)C(=O)N2C[C@H](O)C[C@H]2C(=O)N[C@@H](Cc2c[nH]c3ccccc23)C(=O)N[C@@H](CCN)C(=O)N[C@@H](Cc2cn(CC(=O)O)c3ccccc23)C(=O)N1C. The number of unbranched alkanes of at least 4 members (excludes halogenated alkanes) is 2. The molecule has 3 aliphatic heterocycles. The van der Waals surface area contributed by atoms with E-state index < -0.39 is 254 Å². The first-order chi connectivity index (χ1) is 70.4. The van der Waals surface area contributed by atoms with Gasteiger partial charge in [0.1, 0.15) is 114 Å². The summed E-state index contributed by atoms with van der Waals surface area (Å²) in [7, 11) is 3.93. The Morgan fingerprint density at radius 3 is 1.84 bits per heavy atom. The highest BCUT2D eigenvalue weighted by Gasteiger charge is 2.47. The number of likely N-dealkylation sites (N-methyl/N-ethyl adjacent to an activating group) is 3. The summed E-state index contributed by atoms with van der Waals surface area (Å²) in [5.41, 5.74) is 22.4. The van der Waals surface area contributed by atoms with E-state index in [4.69, 9.17) is 17.2 Å². The number of aliphatic carboxylic acids is 1. The number of amides is 17. The number of aryl methyl sites for hydroxylation is 1. The largest absolute Gasteiger partial charge is 0.508 e. The van der Waals surface area contributed by atoms with Gasteiger partial charge in [0, 0.05) is 117 Å². The zero-order valence-electron chi connectivity index (χ0n) is 85.1. The number of aliphatic hydroxyl groups is 1. The molecule has 0 unspecified atom stereocenters. The summed E-state index contributed by atoms with van der Waals surface area (Å²) in [6, 6.07) is 3.06. The summed E-state index contributed by atoms with van der Waals surface area (Å²) >= 11 is 0.784. The molecule has 4 aromatic carbocycles. The van der Waals surface area contributed by atoms with Crippen LogP contribution in [0.3, 0.4) is 0 Å². The summed E-state index contributed by atoms with van der Waals surface area (Å²) in [6.45, 7) is 11.2. The lowest BCUT2D eigenvalue weighted by Gasteiger charge is -2.36. The van der Waals surface area contributed by atoms with Crippen LogP contribution in [0.4, 0.5) is 5.82 Å². The number of carbonyl (C=O) groups is 18. The Bertz CT molecular complexity index is 6190. The number of aromatic amines is 2. The minimum absolute atomic E-state index is 0.00423. The van der Waals surface area contributed by atoms with Crippen molar-refractivity contribution >= 4 is 168 Å². The Balaban J connectivity index is 0.984. The molecule has 3 fully saturated rings. The molecular weight excluding hydrogens is 1930 g/mol. The van der Waals surface area contributed by atoms with Crippen molar-refractivity contribution in [3.05, 3.63) is 132 Å². The van der Waals surface area contributed by atoms with E-state index in [1.54, 1.807) is 82.4 Å². The van der Waals surface area contributed by atoms with Crippen LogP contribution in [0.5, 0.6) is 5.75 Å². The van der Waals surface area contributed by atoms with Crippen LogP contribution in [0.1, 0.15) is 154 Å². The third-order valence-corrected chi connectivity index (χ3v) is 27.9. The molecule has 8 aromatic rings. The smallest absolute Gasteiger partial charge is 0.323 e. The number of hydrogen-bond acceptors (Lipinski definition) is 25. The zero-order valence-corrected chi connectivity index (χ0v) is 85.9. The highest BCUT2D eigenvalue weighted by Crippen LogP contribution is 2.32. The van der Waals surface area contributed by atoms with Crippen LogP contribution in [0, 0.1) is 18.8 Å². The number of phenols is 1. The second-order valence-electron chi connectivity index (χ2n) is 39.1. The standard InChI is InChI=1S/C102H138N24O21S/c1-12-14-24-78-95(140)114-69(37-54(3)4)92(137)120-76(90(135)108-47-83(105)130)51-148-52-84(131)111-72(40-58-29-31-61(127)32-30-58)98(143)121(9)57(8)89(134)116-74(44-82(104)129)100(145)125-36-20-27-79(125)96(141)119-75(46-107-88-87-86(109-53-110-88)65-39-56(7)28-33-67(65)112-87)94(139)117-71(38-55(5)6)101(146)126-49-62(128)43-81(126)97(142)115-70(41-59-45-106-66-23-18-16-21-63(59)66)93(138)113-68(34-35-103)91(136)118-73(99(144)123(11)80(25-15-13-2)102(147)122(78)10)42-60-48-124(50-85(132)133)77-26-19-17-22-64(60)77/h16-19,21-23,26,28-33,39,45,48,53-55,57,62,68-76,78-81,106,112,127-128H,12-15,20,24-25,27,34-38,40-44,46-47,49-52,103H2,1-11H3,(H2,104,129)(H2,105,130)(H,108,135)(H,111,131)(H,113,138)(H,114,140)(H,115,142)(H,116,134)(H,117,139)(H,118,136)(H,119,141)(H,120,137)(H,132,133)(H,107,109,110)/t57-,62+,68-,69-,70-,71-,72-,73-,74-,75-,76-,78-,79-,80-,81-/m0/s1. The predicted molar refractivity (Wildman–Crippen MR) is 550 cm³/mol. The van der Waals surface area contributed by atoms with Crippen LogP contribution in [-0.4, -0.2) is 327 Å². The molecule has 11 rings (SSSR count). The van der Waals surface area contributed by atoms with E-state index in [1.807, 2.05) is 39.0 Å². The van der Waals surface area contributed by atoms with Crippen LogP contribution >= 0.6 is 11.8 Å². The van der Waals surface area contributed by atoms with Crippen molar-refractivity contribution in [2.45, 2.75) is 255 Å². The minimum Gasteiger partial charge on any atom is -0.508 e. The lowest BCUT2D eigenvalue weighted by atomic mass is 9.99. The fourth-order valence-electron chi connectivity index (χ4n) is 18.9. The summed E-state index contributed by atoms with van der Waals surface area (Å²) in [6.07, 6.45) is 1.95. The number of benzene rings is 4. The van der Waals surface area contributed by atoms with Gasteiger partial charge in [-0.3, -0.25) is 86.3 Å². The number of nitrogens with two attached hydrogens (primary N) is 3. The van der Waals surface area contributed by atoms with Gasteiger partial charge >= 0.3 is 5.97 Å². The molecule has 0 radical (unpaired) electrons. The zero-order chi connectivity index (χ0) is 108. The van der Waals surface area contributed by atoms with E-state index in [1.165, 1.54) is 74.3 Å². The number of aromatic nitrogens is 5. The number of fused-ring (bicyclic) bond motifs is 7. The Kier molecular flexibility index (Phi) is 40.2. The van der Waals surface area contributed by atoms with Gasteiger partial charge in [0.15, 0.2) is 5.82 Å². The molecule has 3 aliphatic rings. The first kappa shape index (κ1) is 113. The van der Waals surface area contributed by atoms with E-state index in [0.717, 1.165) is 42.3 Å². The number of nitrogens with zero attached hydrogens (tertiary/aromatic N) is 8. The van der Waals surface area contributed by atoms with Gasteiger partial charge in [0.25, 0.3) is 0 Å². The van der Waals surface area contributed by atoms with Crippen molar-refractivity contribution in [1.82, 2.24) is 102 Å². The number of nitrogens with one attached hydrogen (secondary N) is 13. The summed E-state index contributed by atoms with van der Waals surface area (Å²) in [5.74, 6) is -18.9. The molecule has 0 spiro atoms. The summed E-state index contributed by atoms with van der Waals surface area (Å²) in [5, 5.41) is 64.3. The van der Waals surface area contributed by atoms with E-state index in [2.05, 4.69) is 78.4 Å². The summed E-state index contributed by atoms with van der Waals surface area (Å²) in [4.78, 5) is 288. The molecule has 0 saturated carbocycles. The number of H-pyrrole nitrogens is 2. The van der Waals surface area contributed by atoms with Gasteiger partial charge in [0.2, 0.25) is 100 Å². The Morgan fingerprint density at radius 2 is 1.16 bits per heavy atom. The maximum absolute atomic E-state index is 16.1.